The lowest BCUT2D eigenvalue weighted by Crippen LogP contribution is -2.54. The van der Waals surface area contributed by atoms with E-state index in [1.165, 1.54) is 4.72 Å². The average molecular weight is 259 g/mol. The molecule has 0 bridgehead atoms. The molecule has 1 fully saturated rings. The van der Waals surface area contributed by atoms with Gasteiger partial charge in [-0.2, -0.15) is 13.1 Å². The Morgan fingerprint density at radius 2 is 1.69 bits per heavy atom. The first-order valence-electron chi connectivity index (χ1n) is 4.31. The molecular formula is C6H13NO8S. The van der Waals surface area contributed by atoms with Crippen molar-refractivity contribution in [1.29, 1.82) is 0 Å². The van der Waals surface area contributed by atoms with E-state index in [1.54, 1.807) is 0 Å². The monoisotopic (exact) mass is 259 g/mol. The third-order valence-corrected chi connectivity index (χ3v) is 2.71. The number of aliphatic hydroxyl groups excluding tert-OH is 4. The van der Waals surface area contributed by atoms with Crippen LogP contribution in [0.15, 0.2) is 0 Å². The molecule has 0 aromatic rings. The number of ether oxygens (including phenoxy) is 1. The second-order valence-electron chi connectivity index (χ2n) is 3.39. The van der Waals surface area contributed by atoms with E-state index >= 15 is 0 Å². The molecule has 1 unspecified atom stereocenters. The highest BCUT2D eigenvalue weighted by molar-refractivity contribution is 7.83. The molecule has 0 saturated carbocycles. The molecule has 6 N–H and O–H groups in total. The van der Waals surface area contributed by atoms with Crippen molar-refractivity contribution in [3.63, 3.8) is 0 Å². The summed E-state index contributed by atoms with van der Waals surface area (Å²) < 4.78 is 35.6. The van der Waals surface area contributed by atoms with Crippen LogP contribution in [0.2, 0.25) is 0 Å². The van der Waals surface area contributed by atoms with Gasteiger partial charge in [-0.1, -0.05) is 0 Å². The molecular weight excluding hydrogens is 246 g/mol. The highest BCUT2D eigenvalue weighted by Crippen LogP contribution is 2.15. The maximum absolute atomic E-state index is 10.5. The van der Waals surface area contributed by atoms with E-state index in [0.717, 1.165) is 0 Å². The van der Waals surface area contributed by atoms with E-state index in [1.807, 2.05) is 0 Å². The number of aliphatic hydroxyl groups is 4. The van der Waals surface area contributed by atoms with Gasteiger partial charge in [0.1, 0.15) is 24.4 Å². The number of nitrogens with one attached hydrogen (secondary N) is 1. The fraction of sp³-hybridized carbons (Fsp3) is 1.00. The van der Waals surface area contributed by atoms with Crippen molar-refractivity contribution >= 4 is 10.3 Å². The predicted octanol–water partition coefficient (Wildman–Crippen LogP) is -3.82. The zero-order valence-electron chi connectivity index (χ0n) is 7.96. The largest absolute Gasteiger partial charge is 0.388 e. The van der Waals surface area contributed by atoms with Gasteiger partial charge in [0, 0.05) is 0 Å². The first-order valence-corrected chi connectivity index (χ1v) is 5.75. The molecule has 10 heteroatoms. The molecule has 1 saturated heterocycles. The second-order valence-corrected chi connectivity index (χ2v) is 4.58. The van der Waals surface area contributed by atoms with Crippen molar-refractivity contribution in [2.24, 2.45) is 0 Å². The predicted molar refractivity (Wildman–Crippen MR) is 48.5 cm³/mol. The summed E-state index contributed by atoms with van der Waals surface area (Å²) in [6, 6.07) is -1.68. The quantitative estimate of drug-likeness (QED) is 0.275. The maximum Gasteiger partial charge on any atom is 0.333 e. The van der Waals surface area contributed by atoms with Gasteiger partial charge in [0.05, 0.1) is 6.61 Å². The summed E-state index contributed by atoms with van der Waals surface area (Å²) in [5, 5.41) is 37.2. The van der Waals surface area contributed by atoms with Gasteiger partial charge in [0.2, 0.25) is 0 Å². The Bertz CT molecular complexity index is 331. The van der Waals surface area contributed by atoms with Gasteiger partial charge in [-0.15, -0.1) is 0 Å². The summed E-state index contributed by atoms with van der Waals surface area (Å²) in [5.74, 6) is 0. The van der Waals surface area contributed by atoms with Crippen LogP contribution in [0.4, 0.5) is 0 Å². The summed E-state index contributed by atoms with van der Waals surface area (Å²) >= 11 is 0. The van der Waals surface area contributed by atoms with Crippen LogP contribution < -0.4 is 4.72 Å². The van der Waals surface area contributed by atoms with Gasteiger partial charge in [0.15, 0.2) is 6.29 Å². The fourth-order valence-corrected chi connectivity index (χ4v) is 1.91. The van der Waals surface area contributed by atoms with E-state index in [4.69, 9.17) is 4.55 Å². The number of hydrogen-bond acceptors (Lipinski definition) is 7. The van der Waals surface area contributed by atoms with Gasteiger partial charge in [0.25, 0.3) is 0 Å². The summed E-state index contributed by atoms with van der Waals surface area (Å²) in [6.45, 7) is -0.483. The summed E-state index contributed by atoms with van der Waals surface area (Å²) in [6.07, 6.45) is -6.81. The lowest BCUT2D eigenvalue weighted by molar-refractivity contribution is -0.130. The smallest absolute Gasteiger partial charge is 0.333 e. The Kier molecular flexibility index (Phi) is 4.20. The van der Waals surface area contributed by atoms with Crippen LogP contribution in [-0.4, -0.2) is 70.6 Å². The third-order valence-electron chi connectivity index (χ3n) is 2.14. The van der Waals surface area contributed by atoms with Crippen LogP contribution in [0, 0.1) is 0 Å². The summed E-state index contributed by atoms with van der Waals surface area (Å²) in [4.78, 5) is 0. The minimum absolute atomic E-state index is 0.483. The minimum Gasteiger partial charge on any atom is -0.388 e. The van der Waals surface area contributed by atoms with Gasteiger partial charge < -0.3 is 25.2 Å². The SMILES string of the molecule is O=S(=O)(O)N[C@H]1C(O)OC[C@@H](O)[C@@H](O)[C@@H]1O. The molecule has 0 aromatic carbocycles. The molecule has 0 spiro atoms. The van der Waals surface area contributed by atoms with Crippen molar-refractivity contribution in [3.8, 4) is 0 Å². The average Bonchev–Trinajstić information content (AvgIpc) is 2.24. The van der Waals surface area contributed by atoms with Crippen molar-refractivity contribution in [3.05, 3.63) is 0 Å². The molecule has 96 valence electrons. The zero-order valence-corrected chi connectivity index (χ0v) is 8.78. The van der Waals surface area contributed by atoms with Gasteiger partial charge in [-0.25, -0.2) is 0 Å². The van der Waals surface area contributed by atoms with Crippen molar-refractivity contribution in [2.45, 2.75) is 30.6 Å². The lowest BCUT2D eigenvalue weighted by atomic mass is 10.0. The van der Waals surface area contributed by atoms with Crippen LogP contribution >= 0.6 is 0 Å². The number of hydrogen-bond donors (Lipinski definition) is 6. The van der Waals surface area contributed by atoms with Gasteiger partial charge >= 0.3 is 10.3 Å². The summed E-state index contributed by atoms with van der Waals surface area (Å²) in [7, 11) is -4.69. The van der Waals surface area contributed by atoms with Gasteiger partial charge in [-0.05, 0) is 0 Å². The molecule has 5 atom stereocenters. The minimum atomic E-state index is -4.69. The van der Waals surface area contributed by atoms with Crippen LogP contribution in [0.1, 0.15) is 0 Å². The molecule has 1 aliphatic rings. The Balaban J connectivity index is 2.87. The highest BCUT2D eigenvalue weighted by atomic mass is 32.2. The van der Waals surface area contributed by atoms with E-state index in [0.29, 0.717) is 0 Å². The van der Waals surface area contributed by atoms with Crippen molar-refractivity contribution in [1.82, 2.24) is 4.72 Å². The van der Waals surface area contributed by atoms with Crippen LogP contribution in [-0.2, 0) is 15.0 Å². The molecule has 0 aliphatic carbocycles. The van der Waals surface area contributed by atoms with Gasteiger partial charge in [-0.3, -0.25) is 4.55 Å². The van der Waals surface area contributed by atoms with E-state index in [2.05, 4.69) is 4.74 Å². The summed E-state index contributed by atoms with van der Waals surface area (Å²) in [5.41, 5.74) is 0. The Hall–Kier alpha value is -0.330. The lowest BCUT2D eigenvalue weighted by Gasteiger charge is -2.26. The molecule has 16 heavy (non-hydrogen) atoms. The second kappa shape index (κ2) is 4.89. The van der Waals surface area contributed by atoms with Crippen LogP contribution in [0.25, 0.3) is 0 Å². The first kappa shape index (κ1) is 13.7. The van der Waals surface area contributed by atoms with Crippen LogP contribution in [0.5, 0.6) is 0 Å². The third kappa shape index (κ3) is 3.33. The fourth-order valence-electron chi connectivity index (χ4n) is 1.31. The molecule has 1 rings (SSSR count). The Morgan fingerprint density at radius 1 is 1.12 bits per heavy atom. The number of rotatable bonds is 2. The molecule has 0 aromatic heterocycles. The molecule has 0 radical (unpaired) electrons. The molecule has 1 heterocycles. The molecule has 9 nitrogen and oxygen atoms in total. The maximum atomic E-state index is 10.5. The van der Waals surface area contributed by atoms with E-state index < -0.39 is 47.6 Å². The standard InChI is InChI=1S/C6H13NO8S/c8-2-1-15-6(11)3(5(10)4(2)9)7-16(12,13)14/h2-11H,1H2,(H,12,13,14)/t2-,3-,4-,5-,6?/m1/s1. The highest BCUT2D eigenvalue weighted by Gasteiger charge is 2.41. The van der Waals surface area contributed by atoms with E-state index in [9.17, 15) is 28.8 Å². The topological polar surface area (TPSA) is 157 Å². The van der Waals surface area contributed by atoms with E-state index in [-0.39, 0.29) is 0 Å². The Labute approximate surface area is 91.2 Å². The van der Waals surface area contributed by atoms with Crippen molar-refractivity contribution < 1.29 is 38.1 Å². The molecule has 1 aliphatic heterocycles. The van der Waals surface area contributed by atoms with Crippen molar-refractivity contribution in [2.75, 3.05) is 6.61 Å². The first-order chi connectivity index (χ1) is 7.22. The zero-order chi connectivity index (χ0) is 12.5. The van der Waals surface area contributed by atoms with Crippen LogP contribution in [0.3, 0.4) is 0 Å². The molecule has 0 amide bonds. The Morgan fingerprint density at radius 3 is 2.19 bits per heavy atom. The normalized spacial score (nSPS) is 41.7.